The Balaban J connectivity index is 1.51. The number of likely N-dealkylation sites (tertiary alicyclic amines) is 1. The molecule has 25 heavy (non-hydrogen) atoms. The SMILES string of the molecule is O=C(N1CCCCC1)[C@]1(Cc2cc([C@@H]3CCOC3)no2)CCCNC1. The fraction of sp³-hybridized carbons (Fsp3) is 0.789. The fourth-order valence-corrected chi connectivity index (χ4v) is 4.52. The molecule has 3 aliphatic rings. The van der Waals surface area contributed by atoms with Crippen LogP contribution in [0.3, 0.4) is 0 Å². The first kappa shape index (κ1) is 17.0. The van der Waals surface area contributed by atoms with Gasteiger partial charge in [-0.05, 0) is 45.1 Å². The van der Waals surface area contributed by atoms with Crippen LogP contribution >= 0.6 is 0 Å². The van der Waals surface area contributed by atoms with Crippen LogP contribution in [0.25, 0.3) is 0 Å². The Hall–Kier alpha value is -1.40. The monoisotopic (exact) mass is 347 g/mol. The van der Waals surface area contributed by atoms with E-state index in [1.165, 1.54) is 6.42 Å². The molecule has 1 aromatic heterocycles. The van der Waals surface area contributed by atoms with Crippen LogP contribution in [-0.4, -0.2) is 55.4 Å². The second kappa shape index (κ2) is 7.46. The number of hydrogen-bond acceptors (Lipinski definition) is 5. The molecule has 3 saturated heterocycles. The highest BCUT2D eigenvalue weighted by Gasteiger charge is 2.43. The summed E-state index contributed by atoms with van der Waals surface area (Å²) >= 11 is 0. The van der Waals surface area contributed by atoms with Crippen molar-refractivity contribution in [1.29, 1.82) is 0 Å². The molecule has 138 valence electrons. The Kier molecular flexibility index (Phi) is 5.08. The third kappa shape index (κ3) is 3.60. The molecule has 0 aliphatic carbocycles. The molecule has 0 unspecified atom stereocenters. The first-order chi connectivity index (χ1) is 12.3. The van der Waals surface area contributed by atoms with E-state index < -0.39 is 0 Å². The van der Waals surface area contributed by atoms with E-state index in [0.29, 0.717) is 18.2 Å². The molecular formula is C19H29N3O3. The zero-order valence-corrected chi connectivity index (χ0v) is 15.0. The highest BCUT2D eigenvalue weighted by molar-refractivity contribution is 5.83. The van der Waals surface area contributed by atoms with Crippen molar-refractivity contribution in [3.63, 3.8) is 0 Å². The molecule has 6 nitrogen and oxygen atoms in total. The van der Waals surface area contributed by atoms with Gasteiger partial charge in [-0.3, -0.25) is 4.79 Å². The van der Waals surface area contributed by atoms with Gasteiger partial charge < -0.3 is 19.5 Å². The van der Waals surface area contributed by atoms with Crippen LogP contribution in [0.5, 0.6) is 0 Å². The van der Waals surface area contributed by atoms with Gasteiger partial charge in [-0.25, -0.2) is 0 Å². The highest BCUT2D eigenvalue weighted by Crippen LogP contribution is 2.35. The minimum absolute atomic E-state index is 0.307. The smallest absolute Gasteiger partial charge is 0.230 e. The van der Waals surface area contributed by atoms with Crippen LogP contribution in [0.1, 0.15) is 55.9 Å². The average molecular weight is 347 g/mol. The summed E-state index contributed by atoms with van der Waals surface area (Å²) in [6.45, 7) is 5.07. The van der Waals surface area contributed by atoms with Crippen LogP contribution in [0.15, 0.2) is 10.6 Å². The maximum atomic E-state index is 13.3. The molecule has 1 amide bonds. The third-order valence-corrected chi connectivity index (χ3v) is 6.01. The molecule has 6 heteroatoms. The quantitative estimate of drug-likeness (QED) is 0.903. The van der Waals surface area contributed by atoms with Crippen LogP contribution in [0.4, 0.5) is 0 Å². The highest BCUT2D eigenvalue weighted by atomic mass is 16.5. The van der Waals surface area contributed by atoms with E-state index in [4.69, 9.17) is 9.26 Å². The van der Waals surface area contributed by atoms with Crippen LogP contribution < -0.4 is 5.32 Å². The second-order valence-corrected chi connectivity index (χ2v) is 7.87. The number of nitrogens with one attached hydrogen (secondary N) is 1. The topological polar surface area (TPSA) is 67.6 Å². The number of aromatic nitrogens is 1. The number of amides is 1. The number of rotatable bonds is 4. The summed E-state index contributed by atoms with van der Waals surface area (Å²) in [4.78, 5) is 15.4. The largest absolute Gasteiger partial charge is 0.381 e. The molecule has 4 heterocycles. The lowest BCUT2D eigenvalue weighted by molar-refractivity contribution is -0.144. The Morgan fingerprint density at radius 1 is 1.32 bits per heavy atom. The van der Waals surface area contributed by atoms with Gasteiger partial charge in [-0.15, -0.1) is 0 Å². The Morgan fingerprint density at radius 2 is 2.20 bits per heavy atom. The minimum atomic E-state index is -0.376. The van der Waals surface area contributed by atoms with Crippen molar-refractivity contribution in [2.75, 3.05) is 39.4 Å². The van der Waals surface area contributed by atoms with Crippen molar-refractivity contribution < 1.29 is 14.1 Å². The molecule has 0 saturated carbocycles. The predicted molar refractivity (Wildman–Crippen MR) is 93.4 cm³/mol. The van der Waals surface area contributed by atoms with Crippen molar-refractivity contribution in [3.05, 3.63) is 17.5 Å². The van der Waals surface area contributed by atoms with Gasteiger partial charge in [0.05, 0.1) is 17.7 Å². The lowest BCUT2D eigenvalue weighted by atomic mass is 9.75. The molecule has 3 aliphatic heterocycles. The van der Waals surface area contributed by atoms with Crippen molar-refractivity contribution in [1.82, 2.24) is 15.4 Å². The molecule has 2 atom stereocenters. The van der Waals surface area contributed by atoms with Crippen molar-refractivity contribution in [2.24, 2.45) is 5.41 Å². The van der Waals surface area contributed by atoms with E-state index in [9.17, 15) is 4.79 Å². The molecule has 4 rings (SSSR count). The summed E-state index contributed by atoms with van der Waals surface area (Å²) in [5, 5.41) is 7.71. The molecule has 1 N–H and O–H groups in total. The zero-order chi connectivity index (χ0) is 17.1. The summed E-state index contributed by atoms with van der Waals surface area (Å²) in [7, 11) is 0. The molecule has 0 radical (unpaired) electrons. The van der Waals surface area contributed by atoms with Gasteiger partial charge in [0.15, 0.2) is 0 Å². The van der Waals surface area contributed by atoms with Gasteiger partial charge in [0.1, 0.15) is 5.76 Å². The number of carbonyl (C=O) groups excluding carboxylic acids is 1. The minimum Gasteiger partial charge on any atom is -0.381 e. The lowest BCUT2D eigenvalue weighted by Gasteiger charge is -2.40. The summed E-state index contributed by atoms with van der Waals surface area (Å²) in [6.07, 6.45) is 7.12. The van der Waals surface area contributed by atoms with Crippen LogP contribution in [-0.2, 0) is 16.0 Å². The molecular weight excluding hydrogens is 318 g/mol. The van der Waals surface area contributed by atoms with E-state index in [0.717, 1.165) is 83.0 Å². The molecule has 3 fully saturated rings. The summed E-state index contributed by atoms with van der Waals surface area (Å²) in [6, 6.07) is 2.05. The molecule has 0 bridgehead atoms. The molecule has 0 spiro atoms. The third-order valence-electron chi connectivity index (χ3n) is 6.01. The van der Waals surface area contributed by atoms with Gasteiger partial charge in [0.2, 0.25) is 5.91 Å². The predicted octanol–water partition coefficient (Wildman–Crippen LogP) is 2.10. The zero-order valence-electron chi connectivity index (χ0n) is 15.0. The average Bonchev–Trinajstić information content (AvgIpc) is 3.34. The van der Waals surface area contributed by atoms with E-state index in [1.54, 1.807) is 0 Å². The Morgan fingerprint density at radius 3 is 2.92 bits per heavy atom. The standard InChI is InChI=1S/C19H29N3O3/c23-18(22-8-2-1-3-9-22)19(6-4-7-20-14-19)12-16-11-17(21-25-16)15-5-10-24-13-15/h11,15,20H,1-10,12-14H2/t15-,19+/m1/s1. The summed E-state index contributed by atoms with van der Waals surface area (Å²) in [5.74, 6) is 1.49. The number of ether oxygens (including phenoxy) is 1. The summed E-state index contributed by atoms with van der Waals surface area (Å²) in [5.41, 5.74) is 0.607. The maximum Gasteiger partial charge on any atom is 0.230 e. The molecule has 0 aromatic carbocycles. The van der Waals surface area contributed by atoms with Gasteiger partial charge in [-0.1, -0.05) is 5.16 Å². The number of piperidine rings is 2. The van der Waals surface area contributed by atoms with E-state index in [1.807, 2.05) is 0 Å². The lowest BCUT2D eigenvalue weighted by Crippen LogP contribution is -2.54. The number of nitrogens with zero attached hydrogens (tertiary/aromatic N) is 2. The number of carbonyl (C=O) groups is 1. The van der Waals surface area contributed by atoms with E-state index in [2.05, 4.69) is 21.4 Å². The van der Waals surface area contributed by atoms with Crippen molar-refractivity contribution >= 4 is 5.91 Å². The Labute approximate surface area is 149 Å². The summed E-state index contributed by atoms with van der Waals surface area (Å²) < 4.78 is 11.1. The van der Waals surface area contributed by atoms with Crippen LogP contribution in [0.2, 0.25) is 0 Å². The van der Waals surface area contributed by atoms with Gasteiger partial charge in [0, 0.05) is 44.6 Å². The normalized spacial score (nSPS) is 30.6. The fourth-order valence-electron chi connectivity index (χ4n) is 4.52. The van der Waals surface area contributed by atoms with E-state index >= 15 is 0 Å². The van der Waals surface area contributed by atoms with Crippen molar-refractivity contribution in [3.8, 4) is 0 Å². The Bertz CT molecular complexity index is 582. The van der Waals surface area contributed by atoms with Gasteiger partial charge >= 0.3 is 0 Å². The first-order valence-corrected chi connectivity index (χ1v) is 9.80. The maximum absolute atomic E-state index is 13.3. The van der Waals surface area contributed by atoms with Gasteiger partial charge in [0.25, 0.3) is 0 Å². The molecule has 1 aromatic rings. The van der Waals surface area contributed by atoms with Crippen molar-refractivity contribution in [2.45, 2.75) is 50.9 Å². The van der Waals surface area contributed by atoms with Crippen LogP contribution in [0, 0.1) is 5.41 Å². The number of hydrogen-bond donors (Lipinski definition) is 1. The van der Waals surface area contributed by atoms with E-state index in [-0.39, 0.29) is 5.41 Å². The second-order valence-electron chi connectivity index (χ2n) is 7.87. The van der Waals surface area contributed by atoms with Gasteiger partial charge in [-0.2, -0.15) is 0 Å². The first-order valence-electron chi connectivity index (χ1n) is 9.80.